The van der Waals surface area contributed by atoms with Crippen LogP contribution in [0.25, 0.3) is 0 Å². The molecular weight excluding hydrogens is 310 g/mol. The quantitative estimate of drug-likeness (QED) is 0.813. The standard InChI is InChI=1S/C17H21N3O2S/c1-12-18-8-16(23-12)9-19-17(21)20-15-4-2-3-14(7-15)11-22-10-13-5-6-13/h2-4,7-8,13H,5-6,9-11H2,1H3,(H2,19,20,21). The molecular formula is C17H21N3O2S. The summed E-state index contributed by atoms with van der Waals surface area (Å²) in [7, 11) is 0. The Hall–Kier alpha value is -1.92. The Morgan fingerprint density at radius 3 is 3.04 bits per heavy atom. The molecule has 1 aliphatic rings. The lowest BCUT2D eigenvalue weighted by Gasteiger charge is -2.09. The number of hydrogen-bond acceptors (Lipinski definition) is 4. The summed E-state index contributed by atoms with van der Waals surface area (Å²) in [5.74, 6) is 0.762. The minimum Gasteiger partial charge on any atom is -0.376 e. The molecule has 0 unspecified atom stereocenters. The number of aryl methyl sites for hydroxylation is 1. The molecule has 2 amide bonds. The molecule has 1 aliphatic carbocycles. The molecule has 0 aliphatic heterocycles. The Balaban J connectivity index is 1.45. The molecule has 0 saturated heterocycles. The molecule has 0 atom stereocenters. The number of amides is 2. The number of rotatable bonds is 7. The lowest BCUT2D eigenvalue weighted by Crippen LogP contribution is -2.27. The van der Waals surface area contributed by atoms with E-state index in [4.69, 9.17) is 4.74 Å². The van der Waals surface area contributed by atoms with Gasteiger partial charge in [-0.3, -0.25) is 0 Å². The normalized spacial score (nSPS) is 13.8. The van der Waals surface area contributed by atoms with E-state index in [9.17, 15) is 4.79 Å². The van der Waals surface area contributed by atoms with Crippen molar-refractivity contribution in [2.45, 2.75) is 32.9 Å². The number of aromatic nitrogens is 1. The lowest BCUT2D eigenvalue weighted by atomic mass is 10.2. The average molecular weight is 331 g/mol. The van der Waals surface area contributed by atoms with Crippen molar-refractivity contribution >= 4 is 23.1 Å². The number of carbonyl (C=O) groups is 1. The first-order chi connectivity index (χ1) is 11.2. The van der Waals surface area contributed by atoms with Gasteiger partial charge in [-0.05, 0) is 43.4 Å². The molecule has 23 heavy (non-hydrogen) atoms. The Morgan fingerprint density at radius 1 is 1.43 bits per heavy atom. The molecule has 0 bridgehead atoms. The largest absolute Gasteiger partial charge is 0.376 e. The lowest BCUT2D eigenvalue weighted by molar-refractivity contribution is 0.111. The third-order valence-electron chi connectivity index (χ3n) is 3.60. The van der Waals surface area contributed by atoms with Crippen LogP contribution in [0, 0.1) is 12.8 Å². The zero-order valence-corrected chi connectivity index (χ0v) is 14.0. The van der Waals surface area contributed by atoms with Crippen LogP contribution in [0.3, 0.4) is 0 Å². The van der Waals surface area contributed by atoms with Crippen LogP contribution in [0.2, 0.25) is 0 Å². The Morgan fingerprint density at radius 2 is 2.30 bits per heavy atom. The SMILES string of the molecule is Cc1ncc(CNC(=O)Nc2cccc(COCC3CC3)c2)s1. The van der Waals surface area contributed by atoms with Gasteiger partial charge in [0.05, 0.1) is 18.2 Å². The van der Waals surface area contributed by atoms with E-state index in [0.717, 1.165) is 33.7 Å². The number of ether oxygens (including phenoxy) is 1. The van der Waals surface area contributed by atoms with Gasteiger partial charge in [0.2, 0.25) is 0 Å². The van der Waals surface area contributed by atoms with E-state index < -0.39 is 0 Å². The van der Waals surface area contributed by atoms with Gasteiger partial charge in [0.1, 0.15) is 0 Å². The number of anilines is 1. The molecule has 1 fully saturated rings. The minimum absolute atomic E-state index is 0.216. The molecule has 1 aromatic heterocycles. The molecule has 3 rings (SSSR count). The molecule has 0 spiro atoms. The predicted molar refractivity (Wildman–Crippen MR) is 91.5 cm³/mol. The molecule has 1 heterocycles. The maximum Gasteiger partial charge on any atom is 0.319 e. The first-order valence-electron chi connectivity index (χ1n) is 7.82. The fraction of sp³-hybridized carbons (Fsp3) is 0.412. The number of hydrogen-bond donors (Lipinski definition) is 2. The van der Waals surface area contributed by atoms with Crippen LogP contribution in [0.15, 0.2) is 30.5 Å². The Kier molecular flexibility index (Phi) is 5.25. The molecule has 1 aromatic carbocycles. The van der Waals surface area contributed by atoms with Gasteiger partial charge in [-0.15, -0.1) is 11.3 Å². The highest BCUT2D eigenvalue weighted by atomic mass is 32.1. The second-order valence-electron chi connectivity index (χ2n) is 5.81. The molecule has 6 heteroatoms. The molecule has 5 nitrogen and oxygen atoms in total. The average Bonchev–Trinajstić information content (AvgIpc) is 3.26. The first kappa shape index (κ1) is 16.0. The van der Waals surface area contributed by atoms with Crippen molar-refractivity contribution in [3.05, 3.63) is 45.9 Å². The monoisotopic (exact) mass is 331 g/mol. The van der Waals surface area contributed by atoms with Crippen LogP contribution in [0.4, 0.5) is 10.5 Å². The summed E-state index contributed by atoms with van der Waals surface area (Å²) in [6.45, 7) is 3.87. The summed E-state index contributed by atoms with van der Waals surface area (Å²) >= 11 is 1.58. The zero-order chi connectivity index (χ0) is 16.1. The van der Waals surface area contributed by atoms with Crippen molar-refractivity contribution in [3.8, 4) is 0 Å². The van der Waals surface area contributed by atoms with E-state index in [0.29, 0.717) is 13.2 Å². The van der Waals surface area contributed by atoms with E-state index in [1.165, 1.54) is 12.8 Å². The van der Waals surface area contributed by atoms with Gasteiger partial charge in [0.25, 0.3) is 0 Å². The summed E-state index contributed by atoms with van der Waals surface area (Å²) in [5, 5.41) is 6.69. The van der Waals surface area contributed by atoms with E-state index in [-0.39, 0.29) is 6.03 Å². The fourth-order valence-electron chi connectivity index (χ4n) is 2.20. The van der Waals surface area contributed by atoms with Gasteiger partial charge in [0.15, 0.2) is 0 Å². The van der Waals surface area contributed by atoms with Crippen molar-refractivity contribution in [3.63, 3.8) is 0 Å². The third-order valence-corrected chi connectivity index (χ3v) is 4.51. The topological polar surface area (TPSA) is 63.2 Å². The van der Waals surface area contributed by atoms with E-state index in [1.54, 1.807) is 17.5 Å². The van der Waals surface area contributed by atoms with Crippen molar-refractivity contribution in [2.75, 3.05) is 11.9 Å². The van der Waals surface area contributed by atoms with Gasteiger partial charge < -0.3 is 15.4 Å². The number of thiazole rings is 1. The molecule has 1 saturated carbocycles. The summed E-state index contributed by atoms with van der Waals surface area (Å²) in [5.41, 5.74) is 1.84. The van der Waals surface area contributed by atoms with Crippen LogP contribution in [-0.4, -0.2) is 17.6 Å². The van der Waals surface area contributed by atoms with Crippen LogP contribution in [-0.2, 0) is 17.9 Å². The van der Waals surface area contributed by atoms with E-state index >= 15 is 0 Å². The van der Waals surface area contributed by atoms with Gasteiger partial charge >= 0.3 is 6.03 Å². The highest BCUT2D eigenvalue weighted by molar-refractivity contribution is 7.11. The van der Waals surface area contributed by atoms with Crippen LogP contribution < -0.4 is 10.6 Å². The summed E-state index contributed by atoms with van der Waals surface area (Å²) in [6.07, 6.45) is 4.38. The summed E-state index contributed by atoms with van der Waals surface area (Å²) in [6, 6.07) is 7.55. The second-order valence-corrected chi connectivity index (χ2v) is 7.13. The second kappa shape index (κ2) is 7.57. The third kappa shape index (κ3) is 5.33. The van der Waals surface area contributed by atoms with Crippen LogP contribution in [0.5, 0.6) is 0 Å². The highest BCUT2D eigenvalue weighted by Crippen LogP contribution is 2.29. The van der Waals surface area contributed by atoms with Gasteiger partial charge in [-0.25, -0.2) is 9.78 Å². The number of urea groups is 1. The molecule has 2 aromatic rings. The first-order valence-corrected chi connectivity index (χ1v) is 8.63. The maximum absolute atomic E-state index is 11.9. The van der Waals surface area contributed by atoms with Gasteiger partial charge in [0, 0.05) is 23.4 Å². The van der Waals surface area contributed by atoms with E-state index in [2.05, 4.69) is 15.6 Å². The molecule has 0 radical (unpaired) electrons. The Bertz CT molecular complexity index is 667. The Labute approximate surface area is 140 Å². The predicted octanol–water partition coefficient (Wildman–Crippen LogP) is 3.70. The molecule has 122 valence electrons. The van der Waals surface area contributed by atoms with E-state index in [1.807, 2.05) is 31.2 Å². The molecule has 2 N–H and O–H groups in total. The van der Waals surface area contributed by atoms with Crippen molar-refractivity contribution in [2.24, 2.45) is 5.92 Å². The zero-order valence-electron chi connectivity index (χ0n) is 13.2. The van der Waals surface area contributed by atoms with Crippen molar-refractivity contribution in [1.29, 1.82) is 0 Å². The summed E-state index contributed by atoms with van der Waals surface area (Å²) in [4.78, 5) is 17.2. The van der Waals surface area contributed by atoms with Crippen molar-refractivity contribution in [1.82, 2.24) is 10.3 Å². The number of benzene rings is 1. The van der Waals surface area contributed by atoms with Gasteiger partial charge in [-0.2, -0.15) is 0 Å². The van der Waals surface area contributed by atoms with Crippen LogP contribution in [0.1, 0.15) is 28.3 Å². The number of nitrogens with zero attached hydrogens (tertiary/aromatic N) is 1. The maximum atomic E-state index is 11.9. The van der Waals surface area contributed by atoms with Crippen LogP contribution >= 0.6 is 11.3 Å². The van der Waals surface area contributed by atoms with Crippen molar-refractivity contribution < 1.29 is 9.53 Å². The number of nitrogens with one attached hydrogen (secondary N) is 2. The minimum atomic E-state index is -0.216. The summed E-state index contributed by atoms with van der Waals surface area (Å²) < 4.78 is 5.68. The van der Waals surface area contributed by atoms with Gasteiger partial charge in [-0.1, -0.05) is 12.1 Å². The number of carbonyl (C=O) groups excluding carboxylic acids is 1. The highest BCUT2D eigenvalue weighted by Gasteiger charge is 2.21. The fourth-order valence-corrected chi connectivity index (χ4v) is 2.93. The smallest absolute Gasteiger partial charge is 0.319 e.